The Morgan fingerprint density at radius 1 is 1.00 bits per heavy atom. The topological polar surface area (TPSA) is 250 Å². The molecule has 0 bridgehead atoms. The smallest absolute Gasteiger partial charge is 0.257 e. The summed E-state index contributed by atoms with van der Waals surface area (Å²) in [5, 5.41) is 68.6. The third kappa shape index (κ3) is 5.01. The number of phenolic OH excluding ortho intramolecular Hbond substituents is 2. The molecular weight excluding hydrogens is 708 g/mol. The first kappa shape index (κ1) is 37.9. The van der Waals surface area contributed by atoms with Crippen molar-refractivity contribution in [1.29, 1.82) is 0 Å². The van der Waals surface area contributed by atoms with Crippen molar-refractivity contribution in [3.8, 4) is 11.5 Å². The number of aryl methyl sites for hydroxylation is 1. The van der Waals surface area contributed by atoms with Gasteiger partial charge < -0.3 is 49.7 Å². The van der Waals surface area contributed by atoms with E-state index in [0.717, 1.165) is 32.4 Å². The predicted molar refractivity (Wildman–Crippen MR) is 185 cm³/mol. The zero-order chi connectivity index (χ0) is 39.2. The van der Waals surface area contributed by atoms with E-state index in [-0.39, 0.29) is 11.1 Å². The summed E-state index contributed by atoms with van der Waals surface area (Å²) in [5.41, 5.74) is -9.54. The zero-order valence-corrected chi connectivity index (χ0v) is 30.1. The highest BCUT2D eigenvalue weighted by atomic mass is 16.6. The molecule has 2 aliphatic heterocycles. The lowest BCUT2D eigenvalue weighted by molar-refractivity contribution is -0.206. The molecule has 2 fully saturated rings. The van der Waals surface area contributed by atoms with Crippen molar-refractivity contribution in [2.75, 3.05) is 33.9 Å². The summed E-state index contributed by atoms with van der Waals surface area (Å²) in [6.45, 7) is 3.34. The molecule has 2 aromatic rings. The number of aliphatic imine (C=N–C) groups is 1. The molecule has 6 N–H and O–H groups in total. The minimum absolute atomic E-state index is 0.0494. The fourth-order valence-electron chi connectivity index (χ4n) is 9.11. The second-order valence-electron chi connectivity index (χ2n) is 14.7. The fraction of sp³-hybridized carbons (Fsp3) is 0.526. The number of benzene rings is 2. The Morgan fingerprint density at radius 2 is 1.69 bits per heavy atom. The van der Waals surface area contributed by atoms with Crippen LogP contribution in [0.15, 0.2) is 17.1 Å². The number of aliphatic hydroxyl groups excluding tert-OH is 3. The molecule has 16 nitrogen and oxygen atoms in total. The second-order valence-corrected chi connectivity index (χ2v) is 14.7. The minimum atomic E-state index is -3.21. The van der Waals surface area contributed by atoms with Gasteiger partial charge in [0.25, 0.3) is 5.91 Å². The number of carbonyl (C=O) groups is 5. The number of phenols is 2. The first-order chi connectivity index (χ1) is 25.6. The van der Waals surface area contributed by atoms with Crippen LogP contribution < -0.4 is 0 Å². The Bertz CT molecular complexity index is 2040. The third-order valence-electron chi connectivity index (χ3n) is 11.8. The Kier molecular flexibility index (Phi) is 9.40. The Balaban J connectivity index is 1.39. The maximum Gasteiger partial charge on any atom is 0.257 e. The minimum Gasteiger partial charge on any atom is -0.507 e. The molecule has 0 spiro atoms. The number of likely N-dealkylation sites (tertiary alicyclic amines) is 1. The monoisotopic (exact) mass is 750 g/mol. The van der Waals surface area contributed by atoms with Crippen LogP contribution >= 0.6 is 0 Å². The lowest BCUT2D eigenvalue weighted by Crippen LogP contribution is -2.73. The Labute approximate surface area is 309 Å². The van der Waals surface area contributed by atoms with Crippen molar-refractivity contribution in [1.82, 2.24) is 4.90 Å². The average Bonchev–Trinajstić information content (AvgIpc) is 3.13. The average molecular weight is 751 g/mol. The summed E-state index contributed by atoms with van der Waals surface area (Å²) in [6.07, 6.45) is -4.80. The lowest BCUT2D eigenvalue weighted by atomic mass is 9.56. The number of ether oxygens (including phenoxy) is 3. The van der Waals surface area contributed by atoms with Gasteiger partial charge in [-0.3, -0.25) is 29.0 Å². The number of Topliss-reactive ketones (excluding diaryl/α,β-unsaturated/α-hetero) is 4. The van der Waals surface area contributed by atoms with E-state index in [4.69, 9.17) is 14.2 Å². The van der Waals surface area contributed by atoms with Crippen molar-refractivity contribution >= 4 is 34.8 Å². The number of aromatic hydroxyl groups is 2. The summed E-state index contributed by atoms with van der Waals surface area (Å²) in [7, 11) is 2.30. The first-order valence-electron chi connectivity index (χ1n) is 17.8. The largest absolute Gasteiger partial charge is 0.507 e. The van der Waals surface area contributed by atoms with Gasteiger partial charge in [0, 0.05) is 50.4 Å². The van der Waals surface area contributed by atoms with Crippen LogP contribution in [-0.2, 0) is 26.2 Å². The number of aliphatic hydroxyl groups is 4. The summed E-state index contributed by atoms with van der Waals surface area (Å²) in [4.78, 5) is 76.7. The van der Waals surface area contributed by atoms with Gasteiger partial charge >= 0.3 is 0 Å². The summed E-state index contributed by atoms with van der Waals surface area (Å²) in [5.74, 6) is -7.97. The molecule has 16 heteroatoms. The standard InChI is InChI=1S/C38H42N2O14/c1-15-10-17-11-23(43)38(53-4)34(49)26-19(33(48)37(38,51)27(17)31(47)24(15)36(50)40-8-6-5-7-9-40)12-18-25(30(26)46)22(42)13-21(28(18)44)39-35-20(14-41)29(45)32(52-3)16(2)54-35/h10,12,16,20,23,29,32,35,41,43,45-47,51H,5-9,11,13-14H2,1-4H3/t16-,20+,23+,29-,32-,35?,37-,38+/m0/s1. The van der Waals surface area contributed by atoms with Gasteiger partial charge in [0.05, 0.1) is 59.7 Å². The van der Waals surface area contributed by atoms with Crippen molar-refractivity contribution in [2.24, 2.45) is 10.9 Å². The molecule has 2 saturated heterocycles. The Morgan fingerprint density at radius 3 is 2.31 bits per heavy atom. The number of carbonyl (C=O) groups excluding carboxylic acids is 5. The molecule has 0 radical (unpaired) electrons. The van der Waals surface area contributed by atoms with E-state index in [0.29, 0.717) is 18.7 Å². The van der Waals surface area contributed by atoms with Gasteiger partial charge in [0.15, 0.2) is 23.2 Å². The van der Waals surface area contributed by atoms with Gasteiger partial charge in [-0.1, -0.05) is 6.07 Å². The van der Waals surface area contributed by atoms with E-state index in [9.17, 15) is 54.6 Å². The van der Waals surface area contributed by atoms with Crippen LogP contribution in [0.1, 0.15) is 101 Å². The Hall–Kier alpha value is -4.42. The van der Waals surface area contributed by atoms with E-state index in [2.05, 4.69) is 4.99 Å². The predicted octanol–water partition coefficient (Wildman–Crippen LogP) is 0.541. The van der Waals surface area contributed by atoms with E-state index in [1.165, 1.54) is 18.1 Å². The molecule has 1 unspecified atom stereocenters. The highest BCUT2D eigenvalue weighted by Gasteiger charge is 2.72. The number of hydrogen-bond donors (Lipinski definition) is 6. The maximum atomic E-state index is 14.8. The number of ketones is 4. The van der Waals surface area contributed by atoms with Crippen LogP contribution in [0.4, 0.5) is 0 Å². The van der Waals surface area contributed by atoms with Crippen LogP contribution in [0.25, 0.3) is 0 Å². The zero-order valence-electron chi connectivity index (χ0n) is 30.1. The number of piperidine rings is 1. The van der Waals surface area contributed by atoms with Crippen LogP contribution in [0.2, 0.25) is 0 Å². The van der Waals surface area contributed by atoms with Crippen LogP contribution in [-0.4, -0.2) is 140 Å². The molecule has 54 heavy (non-hydrogen) atoms. The normalized spacial score (nSPS) is 33.0. The quantitative estimate of drug-likeness (QED) is 0.244. The number of methoxy groups -OCH3 is 2. The highest BCUT2D eigenvalue weighted by molar-refractivity contribution is 6.53. The molecule has 7 rings (SSSR count). The van der Waals surface area contributed by atoms with E-state index < -0.39 is 141 Å². The first-order valence-corrected chi connectivity index (χ1v) is 17.8. The molecule has 5 aliphatic rings. The molecule has 0 saturated carbocycles. The van der Waals surface area contributed by atoms with Gasteiger partial charge in [-0.05, 0) is 50.3 Å². The lowest BCUT2D eigenvalue weighted by Gasteiger charge is -2.53. The van der Waals surface area contributed by atoms with Crippen LogP contribution in [0.3, 0.4) is 0 Å². The summed E-state index contributed by atoms with van der Waals surface area (Å²) >= 11 is 0. The molecule has 1 amide bonds. The number of rotatable bonds is 5. The summed E-state index contributed by atoms with van der Waals surface area (Å²) in [6, 6.07) is 2.31. The fourth-order valence-corrected chi connectivity index (χ4v) is 9.11. The number of nitrogens with zero attached hydrogens (tertiary/aromatic N) is 2. The van der Waals surface area contributed by atoms with Gasteiger partial charge in [-0.2, -0.15) is 0 Å². The van der Waals surface area contributed by atoms with Crippen LogP contribution in [0.5, 0.6) is 11.5 Å². The van der Waals surface area contributed by atoms with Gasteiger partial charge in [-0.25, -0.2) is 0 Å². The second kappa shape index (κ2) is 13.4. The third-order valence-corrected chi connectivity index (χ3v) is 11.8. The van der Waals surface area contributed by atoms with Crippen LogP contribution in [0, 0.1) is 12.8 Å². The molecule has 0 aromatic heterocycles. The van der Waals surface area contributed by atoms with Gasteiger partial charge in [0.2, 0.25) is 17.3 Å². The summed E-state index contributed by atoms with van der Waals surface area (Å²) < 4.78 is 16.7. The van der Waals surface area contributed by atoms with E-state index >= 15 is 0 Å². The van der Waals surface area contributed by atoms with Crippen molar-refractivity contribution in [2.45, 2.75) is 87.8 Å². The molecule has 288 valence electrons. The van der Waals surface area contributed by atoms with Crippen molar-refractivity contribution in [3.63, 3.8) is 0 Å². The molecule has 2 heterocycles. The SMILES string of the molecule is CO[C@@H]1[C@@H](O)[C@@H](CO)C(N=C2CC(=O)c3c(cc4c(c3O)C(=O)[C@]3(OC)[C@H](O)Cc5cc(C)c(C(=O)N6CCCCC6)c(O)c5[C@]3(O)C4=O)C2=O)O[C@H]1C. The van der Waals surface area contributed by atoms with Gasteiger partial charge in [0.1, 0.15) is 17.6 Å². The van der Waals surface area contributed by atoms with E-state index in [1.807, 2.05) is 0 Å². The highest BCUT2D eigenvalue weighted by Crippen LogP contribution is 2.56. The number of fused-ring (bicyclic) bond motifs is 5. The molecule has 2 aromatic carbocycles. The maximum absolute atomic E-state index is 14.8. The molecule has 3 aliphatic carbocycles. The van der Waals surface area contributed by atoms with Gasteiger partial charge in [-0.15, -0.1) is 0 Å². The number of hydrogen-bond acceptors (Lipinski definition) is 15. The van der Waals surface area contributed by atoms with E-state index in [1.54, 1.807) is 13.8 Å². The van der Waals surface area contributed by atoms with Crippen molar-refractivity contribution < 1.29 is 68.8 Å². The van der Waals surface area contributed by atoms with Crippen molar-refractivity contribution in [3.05, 3.63) is 56.6 Å². The number of amides is 1. The molecule has 8 atom stereocenters. The molecular formula is C38H42N2O14.